The fourth-order valence-corrected chi connectivity index (χ4v) is 11.3. The van der Waals surface area contributed by atoms with E-state index in [1.165, 1.54) is 55.1 Å². The average Bonchev–Trinajstić information content (AvgIpc) is 3.20. The molecule has 21 heteroatoms. The number of nitrogens with zero attached hydrogens (tertiary/aromatic N) is 3. The molecular formula is C45H51N5O16. The molecule has 2 aromatic carbocycles. The smallest absolute Gasteiger partial charge is 0.255 e. The molecule has 0 saturated carbocycles. The Morgan fingerprint density at radius 3 is 1.71 bits per heavy atom. The van der Waals surface area contributed by atoms with Gasteiger partial charge in [-0.1, -0.05) is 12.1 Å². The van der Waals surface area contributed by atoms with Crippen LogP contribution in [0, 0.1) is 23.7 Å². The molecule has 2 amide bonds. The van der Waals surface area contributed by atoms with Crippen molar-refractivity contribution in [1.29, 1.82) is 0 Å². The average molecular weight is 918 g/mol. The van der Waals surface area contributed by atoms with Gasteiger partial charge in [-0.2, -0.15) is 0 Å². The van der Waals surface area contributed by atoms with Crippen molar-refractivity contribution >= 4 is 40.6 Å². The van der Waals surface area contributed by atoms with Crippen LogP contribution in [0.3, 0.4) is 0 Å². The topological polar surface area (TPSA) is 366 Å². The van der Waals surface area contributed by atoms with Crippen LogP contribution in [0.4, 0.5) is 5.69 Å². The zero-order chi connectivity index (χ0) is 49.3. The van der Waals surface area contributed by atoms with E-state index in [0.29, 0.717) is 5.56 Å². The molecule has 0 aromatic heterocycles. The van der Waals surface area contributed by atoms with Gasteiger partial charge >= 0.3 is 0 Å². The van der Waals surface area contributed by atoms with E-state index >= 15 is 0 Å². The fraction of sp³-hybridized carbons (Fsp3) is 0.422. The van der Waals surface area contributed by atoms with Crippen LogP contribution in [-0.2, 0) is 31.2 Å². The lowest BCUT2D eigenvalue weighted by molar-refractivity contribution is -0.173. The number of nitrogens with two attached hydrogens (primary N) is 2. The molecule has 21 nitrogen and oxygen atoms in total. The maximum atomic E-state index is 13.5. The van der Waals surface area contributed by atoms with Crippen molar-refractivity contribution in [3.63, 3.8) is 0 Å². The third-order valence-corrected chi connectivity index (χ3v) is 14.1. The summed E-state index contributed by atoms with van der Waals surface area (Å²) in [6.07, 6.45) is -1.55. The Hall–Kier alpha value is -6.62. The molecule has 0 aliphatic heterocycles. The minimum absolute atomic E-state index is 0.00184. The fourth-order valence-electron chi connectivity index (χ4n) is 11.3. The van der Waals surface area contributed by atoms with E-state index in [-0.39, 0.29) is 40.9 Å². The number of benzene rings is 2. The van der Waals surface area contributed by atoms with Crippen molar-refractivity contribution in [1.82, 2.24) is 9.80 Å². The summed E-state index contributed by atoms with van der Waals surface area (Å²) in [4.78, 5) is 81.8. The first-order valence-corrected chi connectivity index (χ1v) is 20.6. The molecule has 6 aliphatic carbocycles. The highest BCUT2D eigenvalue weighted by molar-refractivity contribution is 6.26. The largest absolute Gasteiger partial charge is 0.510 e. The first-order chi connectivity index (χ1) is 30.5. The lowest BCUT2D eigenvalue weighted by Crippen LogP contribution is -2.70. The molecule has 2 aromatic rings. The molecule has 66 heavy (non-hydrogen) atoms. The van der Waals surface area contributed by atoms with Gasteiger partial charge in [0.2, 0.25) is 11.6 Å². The van der Waals surface area contributed by atoms with E-state index in [4.69, 9.17) is 11.5 Å². The van der Waals surface area contributed by atoms with E-state index in [1.54, 1.807) is 39.2 Å². The number of phenols is 2. The first kappa shape index (κ1) is 47.3. The number of aromatic hydroxyl groups is 2. The number of hydrogen-bond donors (Lipinski definition) is 12. The van der Waals surface area contributed by atoms with Crippen molar-refractivity contribution in [3.05, 3.63) is 97.9 Å². The van der Waals surface area contributed by atoms with E-state index in [1.807, 2.05) is 0 Å². The predicted molar refractivity (Wildman–Crippen MR) is 229 cm³/mol. The van der Waals surface area contributed by atoms with Crippen LogP contribution in [0.2, 0.25) is 0 Å². The van der Waals surface area contributed by atoms with Crippen LogP contribution in [-0.4, -0.2) is 167 Å². The molecule has 0 unspecified atom stereocenters. The molecular weight excluding hydrogens is 867 g/mol. The highest BCUT2D eigenvalue weighted by Gasteiger charge is 2.69. The van der Waals surface area contributed by atoms with Gasteiger partial charge in [0.05, 0.1) is 52.3 Å². The minimum Gasteiger partial charge on any atom is -0.510 e. The number of rotatable bonds is 5. The Kier molecular flexibility index (Phi) is 11.1. The Labute approximate surface area is 376 Å². The Balaban J connectivity index is 0.000000196. The molecule has 14 N–H and O–H groups in total. The summed E-state index contributed by atoms with van der Waals surface area (Å²) in [5.74, 6) is -16.2. The van der Waals surface area contributed by atoms with Gasteiger partial charge in [0, 0.05) is 31.3 Å². The molecule has 0 saturated heterocycles. The number of carbonyl (C=O) groups is 6. The highest BCUT2D eigenvalue weighted by atomic mass is 16.4. The molecule has 8 rings (SSSR count). The van der Waals surface area contributed by atoms with E-state index in [9.17, 15) is 79.8 Å². The summed E-state index contributed by atoms with van der Waals surface area (Å²) in [6.45, 7) is 1.25. The second-order valence-corrected chi connectivity index (χ2v) is 18.4. The number of carbonyl (C=O) groups excluding carboxylic acids is 6. The van der Waals surface area contributed by atoms with Gasteiger partial charge in [-0.05, 0) is 83.2 Å². The summed E-state index contributed by atoms with van der Waals surface area (Å²) < 4.78 is 0. The zero-order valence-electron chi connectivity index (χ0n) is 36.8. The van der Waals surface area contributed by atoms with Crippen molar-refractivity contribution in [2.24, 2.45) is 35.1 Å². The number of aliphatic hydroxyl groups is 8. The number of fused-ring (bicyclic) bond motifs is 6. The second kappa shape index (κ2) is 15.5. The van der Waals surface area contributed by atoms with Crippen molar-refractivity contribution in [3.8, 4) is 11.5 Å². The molecule has 0 radical (unpaired) electrons. The van der Waals surface area contributed by atoms with Gasteiger partial charge in [-0.25, -0.2) is 0 Å². The number of likely N-dealkylation sites (N-methyl/N-ethyl adjacent to an activating group) is 2. The molecule has 0 heterocycles. The molecule has 0 spiro atoms. The van der Waals surface area contributed by atoms with Crippen LogP contribution < -0.4 is 16.4 Å². The number of ketones is 4. The third-order valence-electron chi connectivity index (χ3n) is 14.1. The minimum atomic E-state index is -3.02. The SMILES string of the molecule is CN(C)[C@@H]1C(O)=C(C(N)=O)C(=O)[C@@]2(O)C(O)=C3C(=O)c4c(O)cccc4[C@@](C)(O)[C@H]3[C@H](O)[C@@H]12.CN(C)c1ccc(O)c2c1C[C@H]1C[C@H]3[C@H](N(C)C)C(O)=C(C(N)=O)C(=O)[C@@]3(O)C(O)=C1C2=O. The summed E-state index contributed by atoms with van der Waals surface area (Å²) in [5, 5.41) is 110. The molecule has 10 atom stereocenters. The first-order valence-electron chi connectivity index (χ1n) is 20.6. The number of anilines is 1. The third kappa shape index (κ3) is 6.14. The predicted octanol–water partition coefficient (Wildman–Crippen LogP) is -1.06. The summed E-state index contributed by atoms with van der Waals surface area (Å²) in [5.41, 5.74) is 1.14. The van der Waals surface area contributed by atoms with Crippen LogP contribution >= 0.6 is 0 Å². The quantitative estimate of drug-likeness (QED) is 0.159. The second-order valence-electron chi connectivity index (χ2n) is 18.4. The van der Waals surface area contributed by atoms with Gasteiger partial charge in [-0.15, -0.1) is 0 Å². The van der Waals surface area contributed by atoms with Crippen LogP contribution in [0.1, 0.15) is 45.2 Å². The van der Waals surface area contributed by atoms with Crippen LogP contribution in [0.5, 0.6) is 11.5 Å². The van der Waals surface area contributed by atoms with Gasteiger partial charge in [0.1, 0.15) is 45.7 Å². The number of hydrogen-bond acceptors (Lipinski definition) is 19. The number of primary amides is 2. The molecule has 0 bridgehead atoms. The number of aliphatic hydroxyl groups excluding tert-OH is 5. The standard InChI is InChI=1S/C23H27N3O7.C22H24N2O9/c1-25(2)12-5-6-13(27)15-10(12)7-9-8-11-17(26(3)4)19(29)16(22(24)32)21(31)23(11,33)20(30)14(9)18(15)28;1-21(32)7-5-4-6-8(25)9(7)15(26)10-12(21)17(28)13-14(24(2)3)16(27)11(20(23)31)19(30)22(13,33)18(10)29/h5-6,9,11,17,27,29-30,33H,7-8H2,1-4H3,(H2,24,32);4-6,12-14,17,25,27-29,32-33H,1-3H3,(H2,23,31)/t9-,11-,17-,23-;12-,13-,14+,17+,21-,22+/m01/s1. The number of Topliss-reactive ketones (excluding diaryl/α,β-unsaturated/α-hetero) is 4. The molecule has 6 aliphatic rings. The Morgan fingerprint density at radius 1 is 0.682 bits per heavy atom. The lowest BCUT2D eigenvalue weighted by atomic mass is 9.54. The van der Waals surface area contributed by atoms with Gasteiger partial charge in [0.15, 0.2) is 22.8 Å². The number of phenolic OH excluding ortho intramolecular Hbond substituents is 2. The summed E-state index contributed by atoms with van der Waals surface area (Å²) >= 11 is 0. The lowest BCUT2D eigenvalue weighted by Gasteiger charge is -2.55. The summed E-state index contributed by atoms with van der Waals surface area (Å²) in [6, 6.07) is 4.60. The van der Waals surface area contributed by atoms with E-state index < -0.39 is 139 Å². The normalized spacial score (nSPS) is 32.5. The number of amides is 2. The maximum Gasteiger partial charge on any atom is 0.255 e. The van der Waals surface area contributed by atoms with Crippen molar-refractivity contribution < 1.29 is 79.8 Å². The number of allylic oxidation sites excluding steroid dienone is 1. The monoisotopic (exact) mass is 917 g/mol. The van der Waals surface area contributed by atoms with E-state index in [0.717, 1.165) is 5.69 Å². The van der Waals surface area contributed by atoms with Crippen molar-refractivity contribution in [2.45, 2.75) is 54.8 Å². The van der Waals surface area contributed by atoms with Crippen molar-refractivity contribution in [2.75, 3.05) is 47.2 Å². The Morgan fingerprint density at radius 2 is 1.18 bits per heavy atom. The molecule has 352 valence electrons. The maximum absolute atomic E-state index is 13.5. The van der Waals surface area contributed by atoms with Gasteiger partial charge in [0.25, 0.3) is 11.8 Å². The molecule has 0 fully saturated rings. The van der Waals surface area contributed by atoms with Gasteiger partial charge < -0.3 is 67.4 Å². The van der Waals surface area contributed by atoms with E-state index in [2.05, 4.69) is 0 Å². The van der Waals surface area contributed by atoms with Crippen LogP contribution in [0.15, 0.2) is 75.7 Å². The summed E-state index contributed by atoms with van der Waals surface area (Å²) in [7, 11) is 9.64. The Bertz CT molecular complexity index is 2710. The van der Waals surface area contributed by atoms with Gasteiger partial charge in [-0.3, -0.25) is 38.6 Å². The van der Waals surface area contributed by atoms with Crippen LogP contribution in [0.25, 0.3) is 0 Å². The highest BCUT2D eigenvalue weighted by Crippen LogP contribution is 2.57. The zero-order valence-corrected chi connectivity index (χ0v) is 36.8.